The maximum Gasteiger partial charge on any atom is 0.230 e. The van der Waals surface area contributed by atoms with Crippen molar-refractivity contribution >= 4 is 27.5 Å². The summed E-state index contributed by atoms with van der Waals surface area (Å²) in [5, 5.41) is 3.32. The van der Waals surface area contributed by atoms with Crippen molar-refractivity contribution in [3.63, 3.8) is 0 Å². The number of pyridine rings is 1. The first-order valence-electron chi connectivity index (χ1n) is 10.3. The number of fused-ring (bicyclic) bond motifs is 2. The van der Waals surface area contributed by atoms with Crippen molar-refractivity contribution in [2.75, 3.05) is 0 Å². The number of nitrogens with zero attached hydrogens (tertiary/aromatic N) is 2. The Bertz CT molecular complexity index is 1370. The van der Waals surface area contributed by atoms with Crippen LogP contribution in [-0.2, 0) is 13.1 Å². The molecule has 0 amide bonds. The molecule has 0 fully saturated rings. The molecule has 0 aliphatic carbocycles. The summed E-state index contributed by atoms with van der Waals surface area (Å²) in [6.07, 6.45) is 4.04. The van der Waals surface area contributed by atoms with Crippen LogP contribution >= 0.6 is 0 Å². The lowest BCUT2D eigenvalue weighted by Gasteiger charge is -2.10. The molecule has 2 heterocycles. The number of ketones is 1. The quantitative estimate of drug-likeness (QED) is 0.281. The van der Waals surface area contributed by atoms with Gasteiger partial charge in [0.25, 0.3) is 0 Å². The third-order valence-corrected chi connectivity index (χ3v) is 5.69. The number of hydrogen-bond acceptors (Lipinski definition) is 1. The first-order valence-corrected chi connectivity index (χ1v) is 10.3. The molecule has 3 nitrogen and oxygen atoms in total. The van der Waals surface area contributed by atoms with Crippen LogP contribution in [0.15, 0.2) is 97.3 Å². The van der Waals surface area contributed by atoms with Crippen LogP contribution in [0, 0.1) is 0 Å². The van der Waals surface area contributed by atoms with E-state index in [1.165, 1.54) is 5.39 Å². The smallest absolute Gasteiger partial charge is 0.230 e. The van der Waals surface area contributed by atoms with Gasteiger partial charge in [-0.3, -0.25) is 4.79 Å². The molecule has 3 heteroatoms. The highest BCUT2D eigenvalue weighted by Crippen LogP contribution is 2.34. The molecule has 0 unspecified atom stereocenters. The van der Waals surface area contributed by atoms with E-state index in [1.807, 2.05) is 53.2 Å². The number of benzene rings is 3. The predicted molar refractivity (Wildman–Crippen MR) is 122 cm³/mol. The molecular weight excluding hydrogens is 368 g/mol. The Morgan fingerprint density at radius 3 is 2.33 bits per heavy atom. The number of carbonyl (C=O) groups is 1. The van der Waals surface area contributed by atoms with E-state index in [-0.39, 0.29) is 5.78 Å². The van der Waals surface area contributed by atoms with E-state index in [0.717, 1.165) is 39.7 Å². The van der Waals surface area contributed by atoms with Crippen LogP contribution in [0.4, 0.5) is 0 Å². The summed E-state index contributed by atoms with van der Waals surface area (Å²) in [6, 6.07) is 28.7. The summed E-state index contributed by atoms with van der Waals surface area (Å²) in [6.45, 7) is 3.24. The summed E-state index contributed by atoms with van der Waals surface area (Å²) in [4.78, 5) is 13.7. The highest BCUT2D eigenvalue weighted by Gasteiger charge is 2.25. The van der Waals surface area contributed by atoms with Gasteiger partial charge in [-0.05, 0) is 30.0 Å². The second kappa shape index (κ2) is 7.60. The molecule has 0 saturated carbocycles. The zero-order valence-electron chi connectivity index (χ0n) is 17.0. The Balaban J connectivity index is 1.66. The molecule has 146 valence electrons. The molecule has 0 aliphatic rings. The molecule has 0 spiro atoms. The minimum atomic E-state index is 0.123. The van der Waals surface area contributed by atoms with Crippen LogP contribution in [0.25, 0.3) is 32.9 Å². The van der Waals surface area contributed by atoms with Gasteiger partial charge in [0, 0.05) is 28.9 Å². The summed E-state index contributed by atoms with van der Waals surface area (Å²) in [7, 11) is 0. The molecule has 30 heavy (non-hydrogen) atoms. The Kier molecular flexibility index (Phi) is 4.64. The first-order chi connectivity index (χ1) is 14.8. The molecule has 0 bridgehead atoms. The van der Waals surface area contributed by atoms with Crippen LogP contribution < -0.4 is 4.57 Å². The van der Waals surface area contributed by atoms with Gasteiger partial charge < -0.3 is 4.57 Å². The van der Waals surface area contributed by atoms with E-state index in [4.69, 9.17) is 0 Å². The summed E-state index contributed by atoms with van der Waals surface area (Å²) in [5.74, 6) is 0.123. The van der Waals surface area contributed by atoms with Gasteiger partial charge in [-0.15, -0.1) is 0 Å². The standard InChI is InChI=1S/C27H23N2O/c1-2-29-24-15-9-8-14-23(24)26(27(29)21-11-4-3-5-12-21)25(30)19-28-17-16-20-10-6-7-13-22(20)18-28/h3-18H,2,19H2,1H3/q+1. The fraction of sp³-hybridized carbons (Fsp3) is 0.111. The van der Waals surface area contributed by atoms with Gasteiger partial charge in [0.15, 0.2) is 12.4 Å². The Labute approximate surface area is 175 Å². The van der Waals surface area contributed by atoms with Crippen molar-refractivity contribution in [2.45, 2.75) is 20.0 Å². The second-order valence-corrected chi connectivity index (χ2v) is 7.52. The van der Waals surface area contributed by atoms with E-state index < -0.39 is 0 Å². The summed E-state index contributed by atoms with van der Waals surface area (Å²) >= 11 is 0. The molecule has 0 aliphatic heterocycles. The fourth-order valence-electron chi connectivity index (χ4n) is 4.33. The topological polar surface area (TPSA) is 25.9 Å². The third-order valence-electron chi connectivity index (χ3n) is 5.69. The van der Waals surface area contributed by atoms with Crippen molar-refractivity contribution in [1.29, 1.82) is 0 Å². The van der Waals surface area contributed by atoms with E-state index in [1.54, 1.807) is 0 Å². The van der Waals surface area contributed by atoms with Crippen molar-refractivity contribution < 1.29 is 9.36 Å². The van der Waals surface area contributed by atoms with Gasteiger partial charge in [0.05, 0.1) is 11.3 Å². The second-order valence-electron chi connectivity index (χ2n) is 7.52. The average Bonchev–Trinajstić information content (AvgIpc) is 3.14. The third kappa shape index (κ3) is 3.09. The van der Waals surface area contributed by atoms with Crippen molar-refractivity contribution in [2.24, 2.45) is 0 Å². The van der Waals surface area contributed by atoms with Crippen molar-refractivity contribution in [3.8, 4) is 11.3 Å². The minimum absolute atomic E-state index is 0.123. The number of rotatable bonds is 5. The lowest BCUT2D eigenvalue weighted by Crippen LogP contribution is -2.37. The number of para-hydroxylation sites is 1. The minimum Gasteiger partial charge on any atom is -0.340 e. The van der Waals surface area contributed by atoms with Gasteiger partial charge in [-0.1, -0.05) is 66.7 Å². The Hall–Kier alpha value is -3.72. The average molecular weight is 391 g/mol. The zero-order valence-corrected chi connectivity index (χ0v) is 17.0. The molecule has 2 aromatic heterocycles. The number of carbonyl (C=O) groups excluding carboxylic acids is 1. The highest BCUT2D eigenvalue weighted by molar-refractivity contribution is 6.13. The molecule has 5 rings (SSSR count). The lowest BCUT2D eigenvalue weighted by molar-refractivity contribution is -0.681. The number of aromatic nitrogens is 2. The van der Waals surface area contributed by atoms with E-state index >= 15 is 0 Å². The predicted octanol–water partition coefficient (Wildman–Crippen LogP) is 5.65. The molecule has 0 atom stereocenters. The van der Waals surface area contributed by atoms with Gasteiger partial charge >= 0.3 is 0 Å². The van der Waals surface area contributed by atoms with Crippen molar-refractivity contribution in [3.05, 3.63) is 103 Å². The first kappa shape index (κ1) is 18.3. The fourth-order valence-corrected chi connectivity index (χ4v) is 4.33. The number of aryl methyl sites for hydroxylation is 1. The lowest BCUT2D eigenvalue weighted by atomic mass is 10.0. The Morgan fingerprint density at radius 2 is 1.53 bits per heavy atom. The normalized spacial score (nSPS) is 11.2. The largest absolute Gasteiger partial charge is 0.340 e. The monoisotopic (exact) mass is 391 g/mol. The van der Waals surface area contributed by atoms with Crippen LogP contribution in [0.1, 0.15) is 17.3 Å². The van der Waals surface area contributed by atoms with E-state index in [0.29, 0.717) is 6.54 Å². The van der Waals surface area contributed by atoms with E-state index in [2.05, 4.69) is 60.2 Å². The van der Waals surface area contributed by atoms with Crippen LogP contribution in [0.5, 0.6) is 0 Å². The summed E-state index contributed by atoms with van der Waals surface area (Å²) in [5.41, 5.74) is 3.98. The number of Topliss-reactive ketones (excluding diaryl/α,β-unsaturated/α-hetero) is 1. The number of hydrogen-bond donors (Lipinski definition) is 0. The maximum atomic E-state index is 13.7. The van der Waals surface area contributed by atoms with E-state index in [9.17, 15) is 4.79 Å². The van der Waals surface area contributed by atoms with Crippen molar-refractivity contribution in [1.82, 2.24) is 4.57 Å². The maximum absolute atomic E-state index is 13.7. The van der Waals surface area contributed by atoms with Gasteiger partial charge in [-0.25, -0.2) is 0 Å². The molecule has 0 radical (unpaired) electrons. The molecule has 0 N–H and O–H groups in total. The van der Waals surface area contributed by atoms with Crippen LogP contribution in [0.3, 0.4) is 0 Å². The van der Waals surface area contributed by atoms with Gasteiger partial charge in [-0.2, -0.15) is 4.57 Å². The zero-order chi connectivity index (χ0) is 20.5. The van der Waals surface area contributed by atoms with Gasteiger partial charge in [0.1, 0.15) is 0 Å². The van der Waals surface area contributed by atoms with Crippen LogP contribution in [0.2, 0.25) is 0 Å². The molecule has 5 aromatic rings. The highest BCUT2D eigenvalue weighted by atomic mass is 16.1. The van der Waals surface area contributed by atoms with Gasteiger partial charge in [0.2, 0.25) is 12.3 Å². The van der Waals surface area contributed by atoms with Crippen LogP contribution in [-0.4, -0.2) is 10.4 Å². The Morgan fingerprint density at radius 1 is 0.833 bits per heavy atom. The molecular formula is C27H23N2O+. The molecule has 0 saturated heterocycles. The molecule has 3 aromatic carbocycles. The summed E-state index contributed by atoms with van der Waals surface area (Å²) < 4.78 is 4.24. The SMILES string of the molecule is CCn1c(-c2ccccc2)c(C(=O)C[n+]2ccc3ccccc3c2)c2ccccc21.